The third-order valence-corrected chi connectivity index (χ3v) is 12.1. The summed E-state index contributed by atoms with van der Waals surface area (Å²) in [7, 11) is -4.79. The fourth-order valence-electron chi connectivity index (χ4n) is 3.55. The maximum atomic E-state index is 13.8. The minimum atomic E-state index is -3.88. The van der Waals surface area contributed by atoms with E-state index in [1.807, 2.05) is 4.90 Å². The number of benzene rings is 1. The Hall–Kier alpha value is -1.53. The Balaban J connectivity index is 1.83. The van der Waals surface area contributed by atoms with Crippen LogP contribution in [0.1, 0.15) is 20.8 Å². The lowest BCUT2D eigenvalue weighted by Gasteiger charge is -2.49. The number of carbonyl (C=O) groups excluding carboxylic acids is 1. The van der Waals surface area contributed by atoms with Gasteiger partial charge in [0.1, 0.15) is 17.7 Å². The highest BCUT2D eigenvalue weighted by molar-refractivity contribution is 7.86. The number of hydrogen-bond acceptors (Lipinski definition) is 7. The predicted molar refractivity (Wildman–Crippen MR) is 117 cm³/mol. The number of hydrogen-bond donors (Lipinski definition) is 0. The Labute approximate surface area is 184 Å². The topological polar surface area (TPSA) is 85.4 Å². The number of amides is 1. The molecule has 2 heterocycles. The first-order chi connectivity index (χ1) is 14.2. The number of anilines is 1. The van der Waals surface area contributed by atoms with Gasteiger partial charge in [0.25, 0.3) is 10.1 Å². The van der Waals surface area contributed by atoms with Gasteiger partial charge < -0.3 is 9.16 Å². The molecule has 0 bridgehead atoms. The van der Waals surface area contributed by atoms with Crippen molar-refractivity contribution >= 4 is 30.2 Å². The number of likely N-dealkylation sites (tertiary alicyclic amines) is 1. The van der Waals surface area contributed by atoms with E-state index in [2.05, 4.69) is 38.0 Å². The van der Waals surface area contributed by atoms with Gasteiger partial charge in [0.2, 0.25) is 0 Å². The average molecular weight is 475 g/mol. The molecule has 8 nitrogen and oxygen atoms in total. The van der Waals surface area contributed by atoms with Gasteiger partial charge in [-0.1, -0.05) is 26.8 Å². The normalized spacial score (nSPS) is 23.7. The summed E-state index contributed by atoms with van der Waals surface area (Å²) in [6.45, 7) is 11.9. The minimum Gasteiger partial charge on any atom is -0.441 e. The summed E-state index contributed by atoms with van der Waals surface area (Å²) < 4.78 is 54.3. The zero-order valence-corrected chi connectivity index (χ0v) is 20.6. The van der Waals surface area contributed by atoms with Crippen molar-refractivity contribution < 1.29 is 30.9 Å². The first-order valence-electron chi connectivity index (χ1n) is 10.2. The third kappa shape index (κ3) is 5.11. The first kappa shape index (κ1) is 24.1. The second-order valence-corrected chi connectivity index (χ2v) is 16.1. The number of halogens is 1. The summed E-state index contributed by atoms with van der Waals surface area (Å²) in [5, 5.41) is 0.0581. The highest BCUT2D eigenvalue weighted by atomic mass is 32.2. The fraction of sp³-hybridized carbons (Fsp3) is 0.650. The molecule has 3 rings (SSSR count). The van der Waals surface area contributed by atoms with Crippen LogP contribution in [0.3, 0.4) is 0 Å². The summed E-state index contributed by atoms with van der Waals surface area (Å²) in [5.74, 6) is -0.990. The van der Waals surface area contributed by atoms with Crippen LogP contribution in [0.5, 0.6) is 0 Å². The molecule has 11 heteroatoms. The zero-order chi connectivity index (χ0) is 23.2. The maximum absolute atomic E-state index is 13.8. The molecule has 0 aliphatic carbocycles. The van der Waals surface area contributed by atoms with Gasteiger partial charge >= 0.3 is 6.09 Å². The Kier molecular flexibility index (Phi) is 6.56. The summed E-state index contributed by atoms with van der Waals surface area (Å²) in [6, 6.07) is 5.59. The molecule has 1 aromatic carbocycles. The van der Waals surface area contributed by atoms with Crippen LogP contribution >= 0.6 is 0 Å². The van der Waals surface area contributed by atoms with E-state index in [4.69, 9.17) is 9.16 Å². The lowest BCUT2D eigenvalue weighted by Crippen LogP contribution is -2.65. The van der Waals surface area contributed by atoms with Crippen molar-refractivity contribution in [2.45, 2.75) is 57.3 Å². The lowest BCUT2D eigenvalue weighted by molar-refractivity contribution is -0.0314. The maximum Gasteiger partial charge on any atom is 0.416 e. The van der Waals surface area contributed by atoms with E-state index in [9.17, 15) is 17.6 Å². The van der Waals surface area contributed by atoms with Crippen LogP contribution in [-0.4, -0.2) is 72.1 Å². The zero-order valence-electron chi connectivity index (χ0n) is 18.8. The predicted octanol–water partition coefficient (Wildman–Crippen LogP) is 3.16. The molecule has 0 radical (unpaired) electrons. The molecule has 2 atom stereocenters. The Bertz CT molecular complexity index is 930. The van der Waals surface area contributed by atoms with Crippen LogP contribution in [0.25, 0.3) is 0 Å². The van der Waals surface area contributed by atoms with Crippen molar-refractivity contribution in [1.82, 2.24) is 4.90 Å². The molecule has 0 N–H and O–H groups in total. The third-order valence-electron chi connectivity index (χ3n) is 6.27. The standard InChI is InChI=1S/C20H31FN2O6SSi/c1-20(2,3)31(5,6)29-16-11-22(12-16)18-17(13-30(25,26)27-4)28-19(24)23(18)15-9-7-8-14(21)10-15/h7-10,16-18H,11-13H2,1-6H3. The quantitative estimate of drug-likeness (QED) is 0.443. The van der Waals surface area contributed by atoms with E-state index in [0.717, 1.165) is 7.11 Å². The second kappa shape index (κ2) is 8.43. The highest BCUT2D eigenvalue weighted by Gasteiger charge is 2.52. The van der Waals surface area contributed by atoms with Gasteiger partial charge in [-0.2, -0.15) is 8.42 Å². The van der Waals surface area contributed by atoms with E-state index < -0.39 is 48.4 Å². The molecule has 2 saturated heterocycles. The Morgan fingerprint density at radius 2 is 1.90 bits per heavy atom. The molecule has 2 fully saturated rings. The van der Waals surface area contributed by atoms with E-state index in [0.29, 0.717) is 18.8 Å². The number of nitrogens with zero attached hydrogens (tertiary/aromatic N) is 2. The molecule has 0 aromatic heterocycles. The Morgan fingerprint density at radius 1 is 1.26 bits per heavy atom. The molecule has 2 aliphatic heterocycles. The molecule has 31 heavy (non-hydrogen) atoms. The van der Waals surface area contributed by atoms with Gasteiger partial charge in [0.05, 0.1) is 18.9 Å². The monoisotopic (exact) mass is 474 g/mol. The van der Waals surface area contributed by atoms with Crippen LogP contribution in [-0.2, 0) is 23.5 Å². The first-order valence-corrected chi connectivity index (χ1v) is 14.7. The van der Waals surface area contributed by atoms with Crippen LogP contribution in [0.2, 0.25) is 18.1 Å². The molecular weight excluding hydrogens is 443 g/mol. The number of carbonyl (C=O) groups is 1. The van der Waals surface area contributed by atoms with E-state index in [1.54, 1.807) is 6.07 Å². The van der Waals surface area contributed by atoms with Gasteiger partial charge in [-0.25, -0.2) is 9.18 Å². The number of cyclic esters (lactones) is 1. The SMILES string of the molecule is COS(=O)(=O)CC1OC(=O)N(c2cccc(F)c2)C1N1CC(O[Si](C)(C)C(C)(C)C)C1. The van der Waals surface area contributed by atoms with Crippen molar-refractivity contribution in [2.24, 2.45) is 0 Å². The number of rotatable bonds is 7. The molecule has 1 amide bonds. The van der Waals surface area contributed by atoms with Gasteiger partial charge in [0.15, 0.2) is 14.4 Å². The largest absolute Gasteiger partial charge is 0.441 e. The molecule has 2 aliphatic rings. The van der Waals surface area contributed by atoms with Gasteiger partial charge in [-0.3, -0.25) is 14.0 Å². The van der Waals surface area contributed by atoms with Crippen LogP contribution in [0.4, 0.5) is 14.9 Å². The lowest BCUT2D eigenvalue weighted by atomic mass is 10.1. The molecule has 0 spiro atoms. The van der Waals surface area contributed by atoms with E-state index in [1.165, 1.54) is 23.1 Å². The van der Waals surface area contributed by atoms with Gasteiger partial charge in [-0.15, -0.1) is 0 Å². The summed E-state index contributed by atoms with van der Waals surface area (Å²) in [4.78, 5) is 15.9. The van der Waals surface area contributed by atoms with E-state index in [-0.39, 0.29) is 11.1 Å². The van der Waals surface area contributed by atoms with Crippen LogP contribution < -0.4 is 4.90 Å². The smallest absolute Gasteiger partial charge is 0.416 e. The van der Waals surface area contributed by atoms with Crippen LogP contribution in [0, 0.1) is 5.82 Å². The Morgan fingerprint density at radius 3 is 2.45 bits per heavy atom. The van der Waals surface area contributed by atoms with Crippen molar-refractivity contribution in [2.75, 3.05) is 30.9 Å². The van der Waals surface area contributed by atoms with Crippen LogP contribution in [0.15, 0.2) is 24.3 Å². The molecular formula is C20H31FN2O6SSi. The molecule has 0 saturated carbocycles. The second-order valence-electron chi connectivity index (χ2n) is 9.53. The number of ether oxygens (including phenoxy) is 1. The van der Waals surface area contributed by atoms with Crippen molar-refractivity contribution in [3.8, 4) is 0 Å². The summed E-state index contributed by atoms with van der Waals surface area (Å²) in [5.41, 5.74) is 0.307. The molecule has 1 aromatic rings. The molecule has 174 valence electrons. The minimum absolute atomic E-state index is 0.0226. The fourth-order valence-corrected chi connectivity index (χ4v) is 5.66. The van der Waals surface area contributed by atoms with E-state index >= 15 is 0 Å². The summed E-state index contributed by atoms with van der Waals surface area (Å²) in [6.07, 6.45) is -2.43. The van der Waals surface area contributed by atoms with Gasteiger partial charge in [-0.05, 0) is 36.3 Å². The van der Waals surface area contributed by atoms with Crippen molar-refractivity contribution in [3.05, 3.63) is 30.1 Å². The van der Waals surface area contributed by atoms with Crippen molar-refractivity contribution in [3.63, 3.8) is 0 Å². The van der Waals surface area contributed by atoms with Gasteiger partial charge in [0, 0.05) is 13.1 Å². The van der Waals surface area contributed by atoms with Crippen molar-refractivity contribution in [1.29, 1.82) is 0 Å². The average Bonchev–Trinajstić information content (AvgIpc) is 2.91. The summed E-state index contributed by atoms with van der Waals surface area (Å²) >= 11 is 0. The highest BCUT2D eigenvalue weighted by Crippen LogP contribution is 2.39. The molecule has 2 unspecified atom stereocenters.